The maximum atomic E-state index is 7.11. The fourth-order valence-electron chi connectivity index (χ4n) is 1.55. The van der Waals surface area contributed by atoms with Gasteiger partial charge >= 0.3 is 0 Å². The van der Waals surface area contributed by atoms with E-state index in [4.69, 9.17) is 5.41 Å². The minimum Gasteiger partial charge on any atom is -0.313 e. The average molecular weight is 139 g/mol. The Kier molecular flexibility index (Phi) is 2.47. The summed E-state index contributed by atoms with van der Waals surface area (Å²) < 4.78 is 0. The summed E-state index contributed by atoms with van der Waals surface area (Å²) in [6.45, 7) is 4.43. The molecular formula is C9H17N. The highest BCUT2D eigenvalue weighted by atomic mass is 14.4. The van der Waals surface area contributed by atoms with Crippen LogP contribution in [0.15, 0.2) is 0 Å². The zero-order chi connectivity index (χ0) is 7.56. The Balaban J connectivity index is 2.31. The van der Waals surface area contributed by atoms with Crippen LogP contribution < -0.4 is 0 Å². The fraction of sp³-hybridized carbons (Fsp3) is 0.889. The predicted octanol–water partition coefficient (Wildman–Crippen LogP) is 2.71. The van der Waals surface area contributed by atoms with Crippen LogP contribution in [0.1, 0.15) is 33.1 Å². The largest absolute Gasteiger partial charge is 0.313 e. The molecule has 0 saturated heterocycles. The van der Waals surface area contributed by atoms with E-state index in [2.05, 4.69) is 13.8 Å². The first-order valence-electron chi connectivity index (χ1n) is 4.26. The molecule has 1 aliphatic rings. The molecule has 1 aliphatic carbocycles. The zero-order valence-electron chi connectivity index (χ0n) is 6.93. The van der Waals surface area contributed by atoms with Crippen molar-refractivity contribution in [2.45, 2.75) is 33.1 Å². The van der Waals surface area contributed by atoms with E-state index >= 15 is 0 Å². The van der Waals surface area contributed by atoms with Crippen LogP contribution in [-0.2, 0) is 0 Å². The Morgan fingerprint density at radius 2 is 2.00 bits per heavy atom. The van der Waals surface area contributed by atoms with E-state index in [0.29, 0.717) is 5.92 Å². The number of hydrogen-bond acceptors (Lipinski definition) is 1. The molecule has 0 bridgehead atoms. The van der Waals surface area contributed by atoms with Gasteiger partial charge in [0.25, 0.3) is 0 Å². The van der Waals surface area contributed by atoms with Crippen LogP contribution in [0.5, 0.6) is 0 Å². The Labute approximate surface area is 63.3 Å². The van der Waals surface area contributed by atoms with Crippen molar-refractivity contribution in [3.8, 4) is 0 Å². The van der Waals surface area contributed by atoms with Crippen molar-refractivity contribution < 1.29 is 0 Å². The molecule has 1 fully saturated rings. The smallest absolute Gasteiger partial charge is 0.00167 e. The second kappa shape index (κ2) is 3.18. The van der Waals surface area contributed by atoms with Crippen molar-refractivity contribution in [3.63, 3.8) is 0 Å². The summed E-state index contributed by atoms with van der Waals surface area (Å²) in [6, 6.07) is 0. The molecule has 1 saturated carbocycles. The van der Waals surface area contributed by atoms with Gasteiger partial charge in [0.2, 0.25) is 0 Å². The lowest BCUT2D eigenvalue weighted by Crippen LogP contribution is -2.25. The molecule has 0 aromatic carbocycles. The molecule has 0 amide bonds. The molecule has 0 aliphatic heterocycles. The normalized spacial score (nSPS) is 25.0. The molecule has 10 heavy (non-hydrogen) atoms. The molecule has 1 heteroatoms. The van der Waals surface area contributed by atoms with E-state index < -0.39 is 0 Å². The van der Waals surface area contributed by atoms with E-state index in [1.807, 2.05) is 0 Å². The first-order chi connectivity index (χ1) is 4.75. The Hall–Kier alpha value is -0.330. The van der Waals surface area contributed by atoms with Gasteiger partial charge in [-0.25, -0.2) is 0 Å². The summed E-state index contributed by atoms with van der Waals surface area (Å²) in [4.78, 5) is 0. The molecular weight excluding hydrogens is 122 g/mol. The maximum absolute atomic E-state index is 7.11. The van der Waals surface area contributed by atoms with E-state index in [0.717, 1.165) is 11.8 Å². The summed E-state index contributed by atoms with van der Waals surface area (Å²) in [7, 11) is 0. The lowest BCUT2D eigenvalue weighted by molar-refractivity contribution is 0.196. The van der Waals surface area contributed by atoms with Crippen LogP contribution in [0, 0.1) is 23.2 Å². The molecule has 0 spiro atoms. The molecule has 0 aromatic heterocycles. The summed E-state index contributed by atoms with van der Waals surface area (Å²) in [6.07, 6.45) is 5.81. The second-order valence-corrected chi connectivity index (χ2v) is 3.58. The fourth-order valence-corrected chi connectivity index (χ4v) is 1.55. The van der Waals surface area contributed by atoms with Crippen LogP contribution in [0.25, 0.3) is 0 Å². The van der Waals surface area contributed by atoms with Gasteiger partial charge in [-0.3, -0.25) is 0 Å². The first kappa shape index (κ1) is 7.77. The number of rotatable bonds is 3. The van der Waals surface area contributed by atoms with Crippen molar-refractivity contribution in [1.82, 2.24) is 0 Å². The van der Waals surface area contributed by atoms with Crippen molar-refractivity contribution >= 4 is 6.21 Å². The van der Waals surface area contributed by atoms with E-state index in [9.17, 15) is 0 Å². The minimum absolute atomic E-state index is 0.491. The second-order valence-electron chi connectivity index (χ2n) is 3.58. The van der Waals surface area contributed by atoms with Crippen molar-refractivity contribution in [2.24, 2.45) is 17.8 Å². The van der Waals surface area contributed by atoms with Crippen LogP contribution >= 0.6 is 0 Å². The lowest BCUT2D eigenvalue weighted by Gasteiger charge is -2.33. The quantitative estimate of drug-likeness (QED) is 0.581. The standard InChI is InChI=1S/C9H17N/c1-7(6-10)8(2)9-4-3-5-9/h6-10H,3-5H2,1-2H3/t7-,8+/m0/s1. The van der Waals surface area contributed by atoms with Gasteiger partial charge < -0.3 is 5.41 Å². The van der Waals surface area contributed by atoms with Crippen molar-refractivity contribution in [3.05, 3.63) is 0 Å². The highest BCUT2D eigenvalue weighted by Gasteiger charge is 2.26. The topological polar surface area (TPSA) is 23.9 Å². The van der Waals surface area contributed by atoms with E-state index in [1.54, 1.807) is 6.21 Å². The lowest BCUT2D eigenvalue weighted by atomic mass is 9.72. The highest BCUT2D eigenvalue weighted by Crippen LogP contribution is 2.36. The van der Waals surface area contributed by atoms with E-state index in [1.165, 1.54) is 19.3 Å². The molecule has 0 unspecified atom stereocenters. The molecule has 1 rings (SSSR count). The van der Waals surface area contributed by atoms with Gasteiger partial charge in [-0.1, -0.05) is 33.1 Å². The Bertz CT molecular complexity index is 116. The zero-order valence-corrected chi connectivity index (χ0v) is 6.93. The molecule has 58 valence electrons. The monoisotopic (exact) mass is 139 g/mol. The van der Waals surface area contributed by atoms with Gasteiger partial charge in [-0.15, -0.1) is 0 Å². The average Bonchev–Trinajstić information content (AvgIpc) is 1.82. The maximum Gasteiger partial charge on any atom is -0.00167 e. The summed E-state index contributed by atoms with van der Waals surface area (Å²) in [5.41, 5.74) is 0. The molecule has 1 N–H and O–H groups in total. The van der Waals surface area contributed by atoms with Gasteiger partial charge in [-0.05, 0) is 24.0 Å². The third-order valence-corrected chi connectivity index (χ3v) is 2.99. The van der Waals surface area contributed by atoms with Crippen molar-refractivity contribution in [2.75, 3.05) is 0 Å². The van der Waals surface area contributed by atoms with E-state index in [-0.39, 0.29) is 0 Å². The summed E-state index contributed by atoms with van der Waals surface area (Å²) in [5.74, 6) is 2.16. The molecule has 0 radical (unpaired) electrons. The summed E-state index contributed by atoms with van der Waals surface area (Å²) in [5, 5.41) is 7.11. The third-order valence-electron chi connectivity index (χ3n) is 2.99. The Morgan fingerprint density at radius 3 is 2.30 bits per heavy atom. The molecule has 1 nitrogen and oxygen atoms in total. The summed E-state index contributed by atoms with van der Waals surface area (Å²) >= 11 is 0. The third kappa shape index (κ3) is 1.39. The van der Waals surface area contributed by atoms with Crippen LogP contribution in [0.3, 0.4) is 0 Å². The number of hydrogen-bond donors (Lipinski definition) is 1. The highest BCUT2D eigenvalue weighted by molar-refractivity contribution is 5.56. The van der Waals surface area contributed by atoms with Gasteiger partial charge in [0.05, 0.1) is 0 Å². The van der Waals surface area contributed by atoms with Crippen LogP contribution in [0.4, 0.5) is 0 Å². The van der Waals surface area contributed by atoms with Crippen molar-refractivity contribution in [1.29, 1.82) is 5.41 Å². The first-order valence-corrected chi connectivity index (χ1v) is 4.26. The minimum atomic E-state index is 0.491. The van der Waals surface area contributed by atoms with Crippen LogP contribution in [0.2, 0.25) is 0 Å². The van der Waals surface area contributed by atoms with Gasteiger partial charge in [-0.2, -0.15) is 0 Å². The SMILES string of the molecule is C[C@@H](C=N)[C@@H](C)C1CCC1. The van der Waals surface area contributed by atoms with Gasteiger partial charge in [0, 0.05) is 0 Å². The molecule has 0 aromatic rings. The number of nitrogens with one attached hydrogen (secondary N) is 1. The predicted molar refractivity (Wildman–Crippen MR) is 44.5 cm³/mol. The molecule has 2 atom stereocenters. The van der Waals surface area contributed by atoms with Crippen LogP contribution in [-0.4, -0.2) is 6.21 Å². The van der Waals surface area contributed by atoms with Gasteiger partial charge in [0.1, 0.15) is 0 Å². The van der Waals surface area contributed by atoms with Gasteiger partial charge in [0.15, 0.2) is 0 Å². The Morgan fingerprint density at radius 1 is 1.40 bits per heavy atom. The molecule has 0 heterocycles.